The van der Waals surface area contributed by atoms with Gasteiger partial charge in [-0.25, -0.2) is 23.7 Å². The molecule has 4 aromatic rings. The summed E-state index contributed by atoms with van der Waals surface area (Å²) in [7, 11) is 0. The van der Waals surface area contributed by atoms with Crippen molar-refractivity contribution >= 4 is 38.5 Å². The molecule has 2 aromatic heterocycles. The molecule has 2 bridgehead atoms. The molecule has 3 heterocycles. The molecule has 1 aliphatic heterocycles. The maximum Gasteiger partial charge on any atom is 0.261 e. The van der Waals surface area contributed by atoms with Gasteiger partial charge in [0.25, 0.3) is 12.0 Å². The number of fused-ring (bicyclic) bond motifs is 3. The number of alkyl halides is 2. The largest absolute Gasteiger partial charge is 0.340 e. The summed E-state index contributed by atoms with van der Waals surface area (Å²) in [6.07, 6.45) is 5.16. The minimum Gasteiger partial charge on any atom is -0.340 e. The summed E-state index contributed by atoms with van der Waals surface area (Å²) in [5.41, 5.74) is 2.93. The standard InChI is InChI=1S/C36H41BrF2N8O/c1-21-27-16-23(36(27,2)3)17-28(21)45-35(46-15-13-42-31(20-46)32(38)39)43-25-8-9-26-29(18-25)44-33(30-19-40-11-12-41-30)47(34(26)48)14-10-22-4-6-24(37)7-5-22/h4-9,11-12,18-19,21,23,27-28,31-32,42H,10,13-17,20H2,1-3H3,(H,43,45)/t21-,23+,27-,28?,31+/m0/s1. The van der Waals surface area contributed by atoms with E-state index in [1.807, 2.05) is 41.3 Å². The predicted molar refractivity (Wildman–Crippen MR) is 188 cm³/mol. The number of aliphatic imine (C=N–C) groups is 1. The van der Waals surface area contributed by atoms with Crippen molar-refractivity contribution in [1.29, 1.82) is 0 Å². The zero-order valence-corrected chi connectivity index (χ0v) is 29.0. The highest BCUT2D eigenvalue weighted by molar-refractivity contribution is 9.10. The lowest BCUT2D eigenvalue weighted by Crippen LogP contribution is -2.58. The Morgan fingerprint density at radius 2 is 1.98 bits per heavy atom. The van der Waals surface area contributed by atoms with Gasteiger partial charge in [-0.05, 0) is 78.3 Å². The van der Waals surface area contributed by atoms with Gasteiger partial charge < -0.3 is 15.5 Å². The van der Waals surface area contributed by atoms with Crippen molar-refractivity contribution in [2.45, 2.75) is 65.1 Å². The lowest BCUT2D eigenvalue weighted by Gasteiger charge is -2.61. The second-order valence-corrected chi connectivity index (χ2v) is 14.9. The van der Waals surface area contributed by atoms with E-state index in [0.717, 1.165) is 16.5 Å². The van der Waals surface area contributed by atoms with Crippen LogP contribution in [-0.2, 0) is 13.0 Å². The topological polar surface area (TPSA) is 100 Å². The van der Waals surface area contributed by atoms with Gasteiger partial charge in [-0.3, -0.25) is 14.3 Å². The molecule has 3 saturated carbocycles. The maximum absolute atomic E-state index is 14.0. The number of anilines is 1. The highest BCUT2D eigenvalue weighted by Crippen LogP contribution is 2.61. The Labute approximate surface area is 287 Å². The fourth-order valence-electron chi connectivity index (χ4n) is 7.92. The Morgan fingerprint density at radius 3 is 2.69 bits per heavy atom. The first-order valence-electron chi connectivity index (χ1n) is 16.7. The van der Waals surface area contributed by atoms with Gasteiger partial charge in [-0.1, -0.05) is 48.8 Å². The van der Waals surface area contributed by atoms with Gasteiger partial charge in [0.05, 0.1) is 29.2 Å². The van der Waals surface area contributed by atoms with Crippen LogP contribution in [0, 0.1) is 23.2 Å². The molecule has 12 heteroatoms. The molecule has 1 saturated heterocycles. The first-order valence-corrected chi connectivity index (χ1v) is 17.5. The number of nitrogens with zero attached hydrogens (tertiary/aromatic N) is 6. The molecule has 2 N–H and O–H groups in total. The highest BCUT2D eigenvalue weighted by Gasteiger charge is 2.56. The van der Waals surface area contributed by atoms with Crippen molar-refractivity contribution in [2.24, 2.45) is 28.2 Å². The average Bonchev–Trinajstić information content (AvgIpc) is 3.09. The van der Waals surface area contributed by atoms with Crippen molar-refractivity contribution in [3.8, 4) is 11.5 Å². The fourth-order valence-corrected chi connectivity index (χ4v) is 8.18. The number of rotatable bonds is 7. The molecule has 9 nitrogen and oxygen atoms in total. The lowest BCUT2D eigenvalue weighted by atomic mass is 9.45. The molecule has 0 radical (unpaired) electrons. The van der Waals surface area contributed by atoms with E-state index in [4.69, 9.17) is 9.98 Å². The third-order valence-electron chi connectivity index (χ3n) is 11.0. The number of nitrogens with one attached hydrogen (secondary N) is 2. The number of halogens is 3. The van der Waals surface area contributed by atoms with E-state index in [1.54, 1.807) is 29.2 Å². The lowest BCUT2D eigenvalue weighted by molar-refractivity contribution is -0.108. The minimum atomic E-state index is -2.48. The Bertz CT molecular complexity index is 1870. The minimum absolute atomic E-state index is 0.101. The average molecular weight is 720 g/mol. The SMILES string of the molecule is C[C@@H]1C(/N=C(/Nc2ccc3c(=O)n(CCc4ccc(Br)cc4)c(-c4cnccn4)nc3c2)N2CCN[C@@H](C(F)F)C2)C[C@H]2C[C@@H]1C2(C)C. The van der Waals surface area contributed by atoms with E-state index in [0.29, 0.717) is 83.3 Å². The molecule has 252 valence electrons. The van der Waals surface area contributed by atoms with Crippen LogP contribution in [0.25, 0.3) is 22.4 Å². The Morgan fingerprint density at radius 1 is 1.17 bits per heavy atom. The van der Waals surface area contributed by atoms with Crippen LogP contribution in [0.4, 0.5) is 14.5 Å². The monoisotopic (exact) mass is 718 g/mol. The zero-order chi connectivity index (χ0) is 33.6. The number of benzene rings is 2. The van der Waals surface area contributed by atoms with Crippen LogP contribution in [0.2, 0.25) is 0 Å². The van der Waals surface area contributed by atoms with E-state index < -0.39 is 12.5 Å². The molecule has 4 fully saturated rings. The van der Waals surface area contributed by atoms with E-state index in [-0.39, 0.29) is 18.1 Å². The fraction of sp³-hybridized carbons (Fsp3) is 0.472. The number of hydrogen-bond donors (Lipinski definition) is 2. The van der Waals surface area contributed by atoms with Crippen LogP contribution >= 0.6 is 15.9 Å². The van der Waals surface area contributed by atoms with E-state index >= 15 is 0 Å². The van der Waals surface area contributed by atoms with E-state index in [9.17, 15) is 13.6 Å². The molecule has 2 aromatic carbocycles. The van der Waals surface area contributed by atoms with Gasteiger partial charge >= 0.3 is 0 Å². The van der Waals surface area contributed by atoms with Crippen molar-refractivity contribution in [3.63, 3.8) is 0 Å². The summed E-state index contributed by atoms with van der Waals surface area (Å²) < 4.78 is 30.3. The zero-order valence-electron chi connectivity index (χ0n) is 27.4. The third-order valence-corrected chi connectivity index (χ3v) is 11.5. The van der Waals surface area contributed by atoms with Crippen LogP contribution in [0.3, 0.4) is 0 Å². The van der Waals surface area contributed by atoms with Gasteiger partial charge in [0, 0.05) is 48.7 Å². The van der Waals surface area contributed by atoms with Crippen LogP contribution in [0.5, 0.6) is 0 Å². The number of aromatic nitrogens is 4. The second-order valence-electron chi connectivity index (χ2n) is 14.0. The second kappa shape index (κ2) is 13.3. The first-order chi connectivity index (χ1) is 23.1. The Balaban J connectivity index is 1.23. The molecule has 48 heavy (non-hydrogen) atoms. The van der Waals surface area contributed by atoms with Crippen molar-refractivity contribution in [3.05, 3.63) is 81.4 Å². The smallest absolute Gasteiger partial charge is 0.261 e. The summed E-state index contributed by atoms with van der Waals surface area (Å²) in [4.78, 5) is 34.9. The van der Waals surface area contributed by atoms with Crippen molar-refractivity contribution in [1.82, 2.24) is 29.7 Å². The molecular formula is C36H41BrF2N8O. The van der Waals surface area contributed by atoms with E-state index in [2.05, 4.69) is 57.3 Å². The molecule has 1 unspecified atom stereocenters. The highest BCUT2D eigenvalue weighted by atomic mass is 79.9. The van der Waals surface area contributed by atoms with Crippen molar-refractivity contribution < 1.29 is 8.78 Å². The Hall–Kier alpha value is -3.77. The molecule has 4 aliphatic rings. The van der Waals surface area contributed by atoms with Gasteiger partial charge in [0.15, 0.2) is 11.8 Å². The van der Waals surface area contributed by atoms with Gasteiger partial charge in [0.1, 0.15) is 5.69 Å². The summed E-state index contributed by atoms with van der Waals surface area (Å²) in [6.45, 7) is 8.56. The quantitative estimate of drug-likeness (QED) is 0.173. The molecule has 0 amide bonds. The molecule has 3 aliphatic carbocycles. The number of piperazine rings is 1. The number of guanidine groups is 1. The maximum atomic E-state index is 14.0. The summed E-state index contributed by atoms with van der Waals surface area (Å²) >= 11 is 3.48. The summed E-state index contributed by atoms with van der Waals surface area (Å²) in [6, 6.07) is 12.7. The van der Waals surface area contributed by atoms with Gasteiger partial charge in [-0.15, -0.1) is 0 Å². The predicted octanol–water partition coefficient (Wildman–Crippen LogP) is 6.24. The number of aryl methyl sites for hydroxylation is 1. The number of hydrogen-bond acceptors (Lipinski definition) is 6. The van der Waals surface area contributed by atoms with Gasteiger partial charge in [0.2, 0.25) is 0 Å². The van der Waals surface area contributed by atoms with Crippen LogP contribution in [-0.4, -0.2) is 68.5 Å². The van der Waals surface area contributed by atoms with E-state index in [1.165, 1.54) is 6.42 Å². The third kappa shape index (κ3) is 6.36. The molecule has 5 atom stereocenters. The van der Waals surface area contributed by atoms with Crippen LogP contribution < -0.4 is 16.2 Å². The first kappa shape index (κ1) is 32.8. The van der Waals surface area contributed by atoms with Gasteiger partial charge in [-0.2, -0.15) is 0 Å². The molecule has 0 spiro atoms. The van der Waals surface area contributed by atoms with Crippen molar-refractivity contribution in [2.75, 3.05) is 25.0 Å². The Kier molecular flexibility index (Phi) is 9.06. The molecule has 8 rings (SSSR count). The summed E-state index contributed by atoms with van der Waals surface area (Å²) in [5.74, 6) is 2.62. The molecular weight excluding hydrogens is 678 g/mol. The van der Waals surface area contributed by atoms with Crippen LogP contribution in [0.15, 0.2) is 75.3 Å². The van der Waals surface area contributed by atoms with Crippen LogP contribution in [0.1, 0.15) is 39.2 Å². The summed E-state index contributed by atoms with van der Waals surface area (Å²) in [5, 5.41) is 6.91. The normalized spacial score (nSPS) is 25.3.